The molecular formula is C17H21N3O3. The molecule has 3 N–H and O–H groups in total. The highest BCUT2D eigenvalue weighted by atomic mass is 16.5. The Labute approximate surface area is 135 Å². The zero-order chi connectivity index (χ0) is 16.4. The van der Waals surface area contributed by atoms with E-state index in [1.807, 2.05) is 19.9 Å². The van der Waals surface area contributed by atoms with E-state index in [2.05, 4.69) is 10.3 Å². The summed E-state index contributed by atoms with van der Waals surface area (Å²) in [5, 5.41) is 4.10. The second-order valence-electron chi connectivity index (χ2n) is 5.94. The van der Waals surface area contributed by atoms with Gasteiger partial charge < -0.3 is 20.5 Å². The van der Waals surface area contributed by atoms with Gasteiger partial charge in [0.25, 0.3) is 5.91 Å². The first-order valence-electron chi connectivity index (χ1n) is 7.81. The normalized spacial score (nSPS) is 17.6. The van der Waals surface area contributed by atoms with E-state index in [0.29, 0.717) is 16.8 Å². The Morgan fingerprint density at radius 2 is 2.22 bits per heavy atom. The van der Waals surface area contributed by atoms with Crippen molar-refractivity contribution in [2.24, 2.45) is 5.73 Å². The van der Waals surface area contributed by atoms with Crippen LogP contribution in [-0.2, 0) is 0 Å². The number of rotatable bonds is 5. The maximum absolute atomic E-state index is 11.7. The van der Waals surface area contributed by atoms with Crippen LogP contribution in [0.3, 0.4) is 0 Å². The summed E-state index contributed by atoms with van der Waals surface area (Å²) in [6.07, 6.45) is 2.73. The van der Waals surface area contributed by atoms with E-state index in [1.54, 1.807) is 18.3 Å². The lowest BCUT2D eigenvalue weighted by atomic mass is 10.1. The van der Waals surface area contributed by atoms with Crippen molar-refractivity contribution in [3.05, 3.63) is 30.0 Å². The molecule has 6 heteroatoms. The molecule has 122 valence electrons. The molecule has 3 rings (SSSR count). The molecule has 1 fully saturated rings. The molecule has 1 saturated heterocycles. The van der Waals surface area contributed by atoms with Crippen molar-refractivity contribution in [3.8, 4) is 11.5 Å². The first-order chi connectivity index (χ1) is 11.0. The van der Waals surface area contributed by atoms with E-state index in [1.165, 1.54) is 0 Å². The van der Waals surface area contributed by atoms with Crippen molar-refractivity contribution in [2.45, 2.75) is 32.5 Å². The highest BCUT2D eigenvalue weighted by Crippen LogP contribution is 2.32. The smallest absolute Gasteiger partial charge is 0.252 e. The number of ether oxygens (including phenoxy) is 2. The molecule has 2 heterocycles. The Bertz CT molecular complexity index is 724. The number of hydrogen-bond donors (Lipinski definition) is 2. The molecule has 0 radical (unpaired) electrons. The number of benzene rings is 1. The maximum atomic E-state index is 11.7. The molecule has 1 aliphatic heterocycles. The SMILES string of the molecule is CC(C)Oc1cc2c(O[C@@H]3CCNC3)ccnc2cc1C(N)=O. The van der Waals surface area contributed by atoms with E-state index in [0.717, 1.165) is 30.6 Å². The average Bonchev–Trinajstić information content (AvgIpc) is 2.99. The highest BCUT2D eigenvalue weighted by Gasteiger charge is 2.19. The Morgan fingerprint density at radius 1 is 1.39 bits per heavy atom. The predicted molar refractivity (Wildman–Crippen MR) is 87.9 cm³/mol. The van der Waals surface area contributed by atoms with Gasteiger partial charge in [0, 0.05) is 18.1 Å². The van der Waals surface area contributed by atoms with Gasteiger partial charge in [-0.05, 0) is 45.0 Å². The summed E-state index contributed by atoms with van der Waals surface area (Å²) >= 11 is 0. The van der Waals surface area contributed by atoms with Gasteiger partial charge in [0.2, 0.25) is 0 Å². The van der Waals surface area contributed by atoms with Crippen LogP contribution in [0.5, 0.6) is 11.5 Å². The van der Waals surface area contributed by atoms with Crippen LogP contribution in [0.25, 0.3) is 10.9 Å². The molecule has 0 spiro atoms. The number of carbonyl (C=O) groups is 1. The standard InChI is InChI=1S/C17H21N3O3/c1-10(2)22-16-8-12-14(7-13(16)17(18)21)20-6-4-15(12)23-11-3-5-19-9-11/h4,6-8,10-11,19H,3,5,9H2,1-2H3,(H2,18,21)/t11-/m1/s1. The zero-order valence-corrected chi connectivity index (χ0v) is 13.3. The summed E-state index contributed by atoms with van der Waals surface area (Å²) < 4.78 is 11.8. The van der Waals surface area contributed by atoms with Gasteiger partial charge in [-0.25, -0.2) is 0 Å². The zero-order valence-electron chi connectivity index (χ0n) is 13.3. The Hall–Kier alpha value is -2.34. The first kappa shape index (κ1) is 15.6. The first-order valence-corrected chi connectivity index (χ1v) is 7.81. The molecular weight excluding hydrogens is 294 g/mol. The molecule has 1 aliphatic rings. The fourth-order valence-electron chi connectivity index (χ4n) is 2.70. The molecule has 1 aromatic heterocycles. The lowest BCUT2D eigenvalue weighted by Crippen LogP contribution is -2.20. The monoisotopic (exact) mass is 315 g/mol. The van der Waals surface area contributed by atoms with Crippen LogP contribution in [0.2, 0.25) is 0 Å². The van der Waals surface area contributed by atoms with Crippen LogP contribution in [0, 0.1) is 0 Å². The van der Waals surface area contributed by atoms with Crippen molar-refractivity contribution in [2.75, 3.05) is 13.1 Å². The molecule has 0 aliphatic carbocycles. The number of aromatic nitrogens is 1. The Balaban J connectivity index is 2.06. The van der Waals surface area contributed by atoms with Gasteiger partial charge in [-0.15, -0.1) is 0 Å². The molecule has 6 nitrogen and oxygen atoms in total. The van der Waals surface area contributed by atoms with E-state index < -0.39 is 5.91 Å². The summed E-state index contributed by atoms with van der Waals surface area (Å²) in [6.45, 7) is 5.60. The maximum Gasteiger partial charge on any atom is 0.252 e. The number of nitrogens with one attached hydrogen (secondary N) is 1. The number of nitrogens with two attached hydrogens (primary N) is 1. The third-order valence-electron chi connectivity index (χ3n) is 3.74. The van der Waals surface area contributed by atoms with Gasteiger partial charge in [-0.2, -0.15) is 0 Å². The molecule has 1 atom stereocenters. The fraction of sp³-hybridized carbons (Fsp3) is 0.412. The minimum absolute atomic E-state index is 0.0642. The number of pyridine rings is 1. The van der Waals surface area contributed by atoms with Crippen LogP contribution < -0.4 is 20.5 Å². The highest BCUT2D eigenvalue weighted by molar-refractivity contribution is 6.01. The van der Waals surface area contributed by atoms with E-state index in [-0.39, 0.29) is 12.2 Å². The third kappa shape index (κ3) is 3.37. The number of primary amides is 1. The second-order valence-corrected chi connectivity index (χ2v) is 5.94. The molecule has 1 aromatic carbocycles. The number of fused-ring (bicyclic) bond motifs is 1. The lowest BCUT2D eigenvalue weighted by Gasteiger charge is -2.17. The molecule has 2 aromatic rings. The average molecular weight is 315 g/mol. The van der Waals surface area contributed by atoms with Gasteiger partial charge in [0.15, 0.2) is 0 Å². The van der Waals surface area contributed by atoms with Crippen LogP contribution in [0.4, 0.5) is 0 Å². The molecule has 1 amide bonds. The molecule has 0 bridgehead atoms. The summed E-state index contributed by atoms with van der Waals surface area (Å²) in [7, 11) is 0. The summed E-state index contributed by atoms with van der Waals surface area (Å²) in [5.74, 6) is 0.673. The summed E-state index contributed by atoms with van der Waals surface area (Å²) in [5.41, 5.74) is 6.46. The van der Waals surface area contributed by atoms with Gasteiger partial charge in [-0.1, -0.05) is 0 Å². The van der Waals surface area contributed by atoms with Crippen LogP contribution in [0.15, 0.2) is 24.4 Å². The van der Waals surface area contributed by atoms with Crippen LogP contribution >= 0.6 is 0 Å². The molecule has 0 unspecified atom stereocenters. The number of carbonyl (C=O) groups excluding carboxylic acids is 1. The van der Waals surface area contributed by atoms with Gasteiger partial charge in [0.1, 0.15) is 17.6 Å². The topological polar surface area (TPSA) is 86.5 Å². The molecule has 23 heavy (non-hydrogen) atoms. The number of amides is 1. The van der Waals surface area contributed by atoms with Crippen molar-refractivity contribution in [3.63, 3.8) is 0 Å². The Kier molecular flexibility index (Phi) is 4.34. The number of hydrogen-bond acceptors (Lipinski definition) is 5. The molecule has 0 saturated carbocycles. The Morgan fingerprint density at radius 3 is 2.87 bits per heavy atom. The van der Waals surface area contributed by atoms with Gasteiger partial charge in [0.05, 0.1) is 17.2 Å². The van der Waals surface area contributed by atoms with Crippen LogP contribution in [0.1, 0.15) is 30.6 Å². The summed E-state index contributed by atoms with van der Waals surface area (Å²) in [4.78, 5) is 16.0. The van der Waals surface area contributed by atoms with Crippen molar-refractivity contribution in [1.82, 2.24) is 10.3 Å². The number of nitrogens with zero attached hydrogens (tertiary/aromatic N) is 1. The van der Waals surface area contributed by atoms with Gasteiger partial charge >= 0.3 is 0 Å². The van der Waals surface area contributed by atoms with E-state index in [9.17, 15) is 4.79 Å². The second kappa shape index (κ2) is 6.42. The predicted octanol–water partition coefficient (Wildman–Crippen LogP) is 1.86. The fourth-order valence-corrected chi connectivity index (χ4v) is 2.70. The lowest BCUT2D eigenvalue weighted by molar-refractivity contribution is 0.0994. The third-order valence-corrected chi connectivity index (χ3v) is 3.74. The van der Waals surface area contributed by atoms with E-state index >= 15 is 0 Å². The minimum Gasteiger partial charge on any atom is -0.490 e. The van der Waals surface area contributed by atoms with Crippen molar-refractivity contribution < 1.29 is 14.3 Å². The quantitative estimate of drug-likeness (QED) is 0.879. The summed E-state index contributed by atoms with van der Waals surface area (Å²) in [6, 6.07) is 5.29. The van der Waals surface area contributed by atoms with Crippen molar-refractivity contribution >= 4 is 16.8 Å². The van der Waals surface area contributed by atoms with Gasteiger partial charge in [-0.3, -0.25) is 9.78 Å². The van der Waals surface area contributed by atoms with Crippen LogP contribution in [-0.4, -0.2) is 36.2 Å². The minimum atomic E-state index is -0.532. The van der Waals surface area contributed by atoms with Crippen molar-refractivity contribution in [1.29, 1.82) is 0 Å². The largest absolute Gasteiger partial charge is 0.490 e. The van der Waals surface area contributed by atoms with E-state index in [4.69, 9.17) is 15.2 Å².